The van der Waals surface area contributed by atoms with Crippen LogP contribution in [0.3, 0.4) is 0 Å². The molecule has 43 heavy (non-hydrogen) atoms. The zero-order valence-corrected chi connectivity index (χ0v) is 25.2. The molecule has 230 valence electrons. The lowest BCUT2D eigenvalue weighted by atomic mass is 9.78. The second-order valence-corrected chi connectivity index (χ2v) is 12.1. The van der Waals surface area contributed by atoms with Gasteiger partial charge in [0.15, 0.2) is 5.82 Å². The summed E-state index contributed by atoms with van der Waals surface area (Å²) in [5, 5.41) is 10.8. The molecular weight excluding hydrogens is 555 g/mol. The standard InChI is InChI=1S/C32H39FN4O6/c1-7-22-24(39)16-41-21(12-20-8-9-23-29(35-15-20)30(34)37-31(33)36-23)13-25(22)43-27(40)14-32(5,6)28-18(3)10-17(2)11-26(28)42-19(4)38/h1,10-11,15,20-22,24-25,39H,8-9,12-14,16H2,2-6H3,(H2,34,36,37)/t20?,21-,22-,24?,25-/m0/s1. The van der Waals surface area contributed by atoms with Crippen molar-refractivity contribution in [3.63, 3.8) is 0 Å². The third kappa shape index (κ3) is 7.75. The topological polar surface area (TPSA) is 146 Å². The predicted molar refractivity (Wildman–Crippen MR) is 158 cm³/mol. The van der Waals surface area contributed by atoms with E-state index in [1.807, 2.05) is 33.8 Å². The second kappa shape index (κ2) is 13.2. The van der Waals surface area contributed by atoms with Gasteiger partial charge < -0.3 is 25.1 Å². The summed E-state index contributed by atoms with van der Waals surface area (Å²) in [4.78, 5) is 37.1. The first kappa shape index (κ1) is 32.0. The fraction of sp³-hybridized carbons (Fsp3) is 0.531. The van der Waals surface area contributed by atoms with Crippen molar-refractivity contribution < 1.29 is 33.3 Å². The van der Waals surface area contributed by atoms with Crippen LogP contribution in [0.25, 0.3) is 0 Å². The van der Waals surface area contributed by atoms with Crippen LogP contribution in [0.4, 0.5) is 15.9 Å². The van der Waals surface area contributed by atoms with Crippen molar-refractivity contribution in [1.29, 1.82) is 0 Å². The number of aromatic nitrogens is 2. The van der Waals surface area contributed by atoms with E-state index in [1.54, 1.807) is 12.3 Å². The number of halogens is 1. The van der Waals surface area contributed by atoms with Crippen LogP contribution in [-0.4, -0.2) is 58.1 Å². The third-order valence-corrected chi connectivity index (χ3v) is 7.94. The van der Waals surface area contributed by atoms with Gasteiger partial charge in [-0.2, -0.15) is 9.37 Å². The maximum Gasteiger partial charge on any atom is 0.310 e. The highest BCUT2D eigenvalue weighted by atomic mass is 19.1. The van der Waals surface area contributed by atoms with Gasteiger partial charge in [-0.1, -0.05) is 25.8 Å². The molecule has 11 heteroatoms. The molecule has 3 heterocycles. The zero-order valence-electron chi connectivity index (χ0n) is 25.2. The number of hydrogen-bond acceptors (Lipinski definition) is 10. The first-order chi connectivity index (χ1) is 20.3. The van der Waals surface area contributed by atoms with E-state index >= 15 is 0 Å². The van der Waals surface area contributed by atoms with E-state index in [2.05, 4.69) is 20.9 Å². The van der Waals surface area contributed by atoms with Crippen molar-refractivity contribution in [2.75, 3.05) is 12.3 Å². The number of fused-ring (bicyclic) bond motifs is 1. The Hall–Kier alpha value is -3.88. The number of nitrogen functional groups attached to an aromatic ring is 1. The van der Waals surface area contributed by atoms with E-state index in [0.29, 0.717) is 36.4 Å². The SMILES string of the molecule is C#C[C@H]1C(O)CO[C@@H](CC2C=Nc3c(N)nc(F)nc3CC2)C[C@@H]1OC(=O)CC(C)(C)c1c(C)cc(C)cc1OC(C)=O. The lowest BCUT2D eigenvalue weighted by molar-refractivity contribution is -0.154. The van der Waals surface area contributed by atoms with Crippen molar-refractivity contribution in [1.82, 2.24) is 9.97 Å². The zero-order chi connectivity index (χ0) is 31.5. The fourth-order valence-electron chi connectivity index (χ4n) is 6.15. The summed E-state index contributed by atoms with van der Waals surface area (Å²) in [6, 6.07) is 3.75. The molecule has 2 aliphatic heterocycles. The minimum absolute atomic E-state index is 0.0128. The van der Waals surface area contributed by atoms with Gasteiger partial charge in [-0.05, 0) is 56.2 Å². The number of rotatable bonds is 7. The maximum atomic E-state index is 13.7. The van der Waals surface area contributed by atoms with Crippen LogP contribution in [0.2, 0.25) is 0 Å². The summed E-state index contributed by atoms with van der Waals surface area (Å²) >= 11 is 0. The van der Waals surface area contributed by atoms with Crippen molar-refractivity contribution >= 4 is 29.7 Å². The van der Waals surface area contributed by atoms with Crippen LogP contribution in [0.15, 0.2) is 17.1 Å². The molecule has 1 fully saturated rings. The quantitative estimate of drug-likeness (QED) is 0.210. The molecule has 0 bridgehead atoms. The van der Waals surface area contributed by atoms with E-state index in [1.165, 1.54) is 6.92 Å². The Morgan fingerprint density at radius 1 is 1.28 bits per heavy atom. The number of terminal acetylenes is 1. The van der Waals surface area contributed by atoms with Gasteiger partial charge in [0.1, 0.15) is 17.5 Å². The molecule has 1 aromatic carbocycles. The second-order valence-electron chi connectivity index (χ2n) is 12.1. The van der Waals surface area contributed by atoms with E-state index in [4.69, 9.17) is 26.4 Å². The number of ether oxygens (including phenoxy) is 3. The molecule has 2 aliphatic rings. The number of benzene rings is 1. The van der Waals surface area contributed by atoms with Gasteiger partial charge in [0.25, 0.3) is 0 Å². The highest BCUT2D eigenvalue weighted by molar-refractivity contribution is 5.74. The van der Waals surface area contributed by atoms with Crippen molar-refractivity contribution in [3.05, 3.63) is 40.6 Å². The van der Waals surface area contributed by atoms with Crippen LogP contribution in [0.5, 0.6) is 5.75 Å². The molecule has 1 aromatic heterocycles. The Kier molecular flexibility index (Phi) is 9.82. The van der Waals surface area contributed by atoms with Crippen molar-refractivity contribution in [2.24, 2.45) is 16.8 Å². The maximum absolute atomic E-state index is 13.7. The van der Waals surface area contributed by atoms with Crippen LogP contribution >= 0.6 is 0 Å². The summed E-state index contributed by atoms with van der Waals surface area (Å²) in [5.74, 6) is 1.20. The van der Waals surface area contributed by atoms with Crippen LogP contribution in [-0.2, 0) is 30.9 Å². The highest BCUT2D eigenvalue weighted by Crippen LogP contribution is 2.39. The van der Waals surface area contributed by atoms with Crippen LogP contribution in [0, 0.1) is 44.1 Å². The van der Waals surface area contributed by atoms with Gasteiger partial charge in [0.2, 0.25) is 0 Å². The first-order valence-electron chi connectivity index (χ1n) is 14.4. The largest absolute Gasteiger partial charge is 0.461 e. The number of aliphatic imine (C=N–C) groups is 1. The molecule has 2 unspecified atom stereocenters. The van der Waals surface area contributed by atoms with Crippen LogP contribution < -0.4 is 10.5 Å². The summed E-state index contributed by atoms with van der Waals surface area (Å²) in [7, 11) is 0. The van der Waals surface area contributed by atoms with E-state index in [9.17, 15) is 19.1 Å². The Morgan fingerprint density at radius 3 is 2.72 bits per heavy atom. The number of aryl methyl sites for hydroxylation is 3. The molecular formula is C32H39FN4O6. The molecule has 0 amide bonds. The lowest BCUT2D eigenvalue weighted by Gasteiger charge is -2.30. The fourth-order valence-corrected chi connectivity index (χ4v) is 6.15. The average Bonchev–Trinajstić information content (AvgIpc) is 3.16. The van der Waals surface area contributed by atoms with E-state index in [-0.39, 0.29) is 31.2 Å². The third-order valence-electron chi connectivity index (χ3n) is 7.94. The summed E-state index contributed by atoms with van der Waals surface area (Å²) in [5.41, 5.74) is 8.46. The molecule has 0 aliphatic carbocycles. The van der Waals surface area contributed by atoms with E-state index in [0.717, 1.165) is 16.7 Å². The minimum atomic E-state index is -1.03. The Labute approximate surface area is 251 Å². The number of esters is 2. The monoisotopic (exact) mass is 594 g/mol. The number of carbonyl (C=O) groups is 2. The lowest BCUT2D eigenvalue weighted by Crippen LogP contribution is -2.36. The molecule has 4 rings (SSSR count). The van der Waals surface area contributed by atoms with Gasteiger partial charge in [0, 0.05) is 30.5 Å². The normalized spacial score (nSPS) is 23.8. The number of nitrogens with two attached hydrogens (primary N) is 1. The molecule has 0 radical (unpaired) electrons. The molecule has 0 spiro atoms. The number of aliphatic hydroxyl groups is 1. The molecule has 0 saturated carbocycles. The molecule has 10 nitrogen and oxygen atoms in total. The predicted octanol–water partition coefficient (Wildman–Crippen LogP) is 4.07. The van der Waals surface area contributed by atoms with Gasteiger partial charge in [-0.15, -0.1) is 6.42 Å². The minimum Gasteiger partial charge on any atom is -0.461 e. The Balaban J connectivity index is 1.48. The number of anilines is 1. The Morgan fingerprint density at radius 2 is 2.02 bits per heavy atom. The highest BCUT2D eigenvalue weighted by Gasteiger charge is 2.39. The van der Waals surface area contributed by atoms with E-state index < -0.39 is 47.7 Å². The summed E-state index contributed by atoms with van der Waals surface area (Å²) in [6.07, 6.45) is 6.25. The van der Waals surface area contributed by atoms with Gasteiger partial charge >= 0.3 is 18.0 Å². The molecule has 1 saturated heterocycles. The van der Waals surface area contributed by atoms with Crippen molar-refractivity contribution in [3.8, 4) is 18.1 Å². The molecule has 5 atom stereocenters. The summed E-state index contributed by atoms with van der Waals surface area (Å²) in [6.45, 7) is 8.91. The number of carbonyl (C=O) groups excluding carboxylic acids is 2. The number of nitrogens with zero attached hydrogens (tertiary/aromatic N) is 3. The van der Waals surface area contributed by atoms with Gasteiger partial charge in [-0.25, -0.2) is 4.98 Å². The smallest absolute Gasteiger partial charge is 0.310 e. The van der Waals surface area contributed by atoms with Crippen molar-refractivity contribution in [2.45, 2.75) is 90.4 Å². The van der Waals surface area contributed by atoms with Crippen LogP contribution in [0.1, 0.15) is 68.8 Å². The molecule has 2 aromatic rings. The van der Waals surface area contributed by atoms with Gasteiger partial charge in [-0.3, -0.25) is 14.6 Å². The number of aliphatic hydroxyl groups excluding tert-OH is 1. The Bertz CT molecular complexity index is 1450. The first-order valence-corrected chi connectivity index (χ1v) is 14.4. The average molecular weight is 595 g/mol. The van der Waals surface area contributed by atoms with Gasteiger partial charge in [0.05, 0.1) is 36.8 Å². The number of hydrogen-bond donors (Lipinski definition) is 2. The molecule has 3 N–H and O–H groups in total. The summed E-state index contributed by atoms with van der Waals surface area (Å²) < 4.78 is 31.2.